The smallest absolute Gasteiger partial charge is 0.444 e. The molecule has 11 heavy (non-hydrogen) atoms. The summed E-state index contributed by atoms with van der Waals surface area (Å²) in [5.74, 6) is 0. The molecule has 0 aliphatic heterocycles. The Morgan fingerprint density at radius 3 is 2.18 bits per heavy atom. The summed E-state index contributed by atoms with van der Waals surface area (Å²) >= 11 is 0. The molecule has 0 atom stereocenters. The largest absolute Gasteiger partial charge is 0.452 e. The van der Waals surface area contributed by atoms with Gasteiger partial charge < -0.3 is 4.74 Å². The van der Waals surface area contributed by atoms with Crippen molar-refractivity contribution in [3.8, 4) is 0 Å². The zero-order valence-corrected chi connectivity index (χ0v) is 7.37. The molecule has 0 fully saturated rings. The van der Waals surface area contributed by atoms with Gasteiger partial charge in [-0.3, -0.25) is 0 Å². The zero-order chi connectivity index (χ0) is 8.85. The van der Waals surface area contributed by atoms with E-state index in [4.69, 9.17) is 4.74 Å². The molecule has 4 nitrogen and oxygen atoms in total. The van der Waals surface area contributed by atoms with Gasteiger partial charge in [-0.15, -0.1) is 0 Å². The maximum atomic E-state index is 10.7. The van der Waals surface area contributed by atoms with Gasteiger partial charge in [0.1, 0.15) is 0 Å². The lowest BCUT2D eigenvalue weighted by atomic mass is 10.4. The second kappa shape index (κ2) is 4.82. The van der Waals surface area contributed by atoms with Crippen LogP contribution in [0.3, 0.4) is 0 Å². The molecule has 0 radical (unpaired) electrons. The first-order valence-electron chi connectivity index (χ1n) is 3.64. The summed E-state index contributed by atoms with van der Waals surface area (Å²) in [7, 11) is 0. The fourth-order valence-corrected chi connectivity index (χ4v) is 0.388. The number of ether oxygens (including phenoxy) is 1. The average molecular weight is 158 g/mol. The quantitative estimate of drug-likeness (QED) is 0.579. The summed E-state index contributed by atoms with van der Waals surface area (Å²) in [6.07, 6.45) is -0.748. The number of carbonyl (C=O) groups excluding carboxylic acids is 1. The third-order valence-electron chi connectivity index (χ3n) is 0.707. The molecule has 0 rings (SSSR count). The highest BCUT2D eigenvalue weighted by atomic mass is 16.6. The first-order chi connectivity index (χ1) is 5.02. The van der Waals surface area contributed by atoms with Crippen LogP contribution in [-0.4, -0.2) is 18.2 Å². The van der Waals surface area contributed by atoms with Gasteiger partial charge in [0.05, 0.1) is 12.1 Å². The number of carbonyl (C=O) groups is 1. The standard InChI is InChI=1S/C7H14N2O2/c1-5(2)8-9-7(10)11-6(3)4/h5-6H,1-4H3. The molecule has 0 unspecified atom stereocenters. The van der Waals surface area contributed by atoms with Gasteiger partial charge in [0.25, 0.3) is 0 Å². The minimum absolute atomic E-state index is 0.0368. The van der Waals surface area contributed by atoms with E-state index in [-0.39, 0.29) is 12.1 Å². The van der Waals surface area contributed by atoms with Gasteiger partial charge in [0, 0.05) is 0 Å². The summed E-state index contributed by atoms with van der Waals surface area (Å²) < 4.78 is 4.70. The van der Waals surface area contributed by atoms with Crippen molar-refractivity contribution >= 4 is 6.09 Å². The van der Waals surface area contributed by atoms with E-state index in [9.17, 15) is 4.79 Å². The summed E-state index contributed by atoms with van der Waals surface area (Å²) in [6.45, 7) is 7.21. The normalized spacial score (nSPS) is 11.5. The van der Waals surface area contributed by atoms with Crippen molar-refractivity contribution in [1.29, 1.82) is 0 Å². The molecule has 0 aromatic carbocycles. The molecule has 0 N–H and O–H groups in total. The van der Waals surface area contributed by atoms with Gasteiger partial charge in [0.2, 0.25) is 0 Å². The molecular formula is C7H14N2O2. The fraction of sp³-hybridized carbons (Fsp3) is 0.857. The molecular weight excluding hydrogens is 144 g/mol. The summed E-state index contributed by atoms with van der Waals surface area (Å²) in [5, 5.41) is 6.96. The average Bonchev–Trinajstić information content (AvgIpc) is 1.82. The highest BCUT2D eigenvalue weighted by Crippen LogP contribution is 1.94. The van der Waals surface area contributed by atoms with Crippen LogP contribution in [-0.2, 0) is 4.74 Å². The summed E-state index contributed by atoms with van der Waals surface area (Å²) in [4.78, 5) is 10.7. The van der Waals surface area contributed by atoms with Crippen LogP contribution in [0.2, 0.25) is 0 Å². The van der Waals surface area contributed by atoms with Crippen LogP contribution in [0.25, 0.3) is 0 Å². The highest BCUT2D eigenvalue weighted by Gasteiger charge is 2.01. The molecule has 64 valence electrons. The van der Waals surface area contributed by atoms with Gasteiger partial charge in [-0.25, -0.2) is 4.79 Å². The SMILES string of the molecule is CC(C)N=NC(=O)OC(C)C. The van der Waals surface area contributed by atoms with Crippen molar-refractivity contribution in [2.24, 2.45) is 10.2 Å². The first kappa shape index (κ1) is 10.1. The van der Waals surface area contributed by atoms with E-state index in [1.807, 2.05) is 13.8 Å². The van der Waals surface area contributed by atoms with E-state index < -0.39 is 6.09 Å². The second-order valence-electron chi connectivity index (χ2n) is 2.74. The van der Waals surface area contributed by atoms with Gasteiger partial charge in [-0.1, -0.05) is 5.11 Å². The van der Waals surface area contributed by atoms with Crippen molar-refractivity contribution in [2.45, 2.75) is 39.8 Å². The van der Waals surface area contributed by atoms with E-state index in [1.54, 1.807) is 13.8 Å². The van der Waals surface area contributed by atoms with Crippen LogP contribution in [0.15, 0.2) is 10.2 Å². The Kier molecular flexibility index (Phi) is 4.41. The Balaban J connectivity index is 3.69. The Morgan fingerprint density at radius 1 is 1.27 bits per heavy atom. The minimum atomic E-state index is -0.617. The predicted octanol–water partition coefficient (Wildman–Crippen LogP) is 2.39. The molecule has 0 aromatic heterocycles. The molecule has 0 heterocycles. The van der Waals surface area contributed by atoms with E-state index in [1.165, 1.54) is 0 Å². The minimum Gasteiger partial charge on any atom is -0.444 e. The zero-order valence-electron chi connectivity index (χ0n) is 7.37. The molecule has 0 aliphatic rings. The lowest BCUT2D eigenvalue weighted by molar-refractivity contribution is 0.123. The van der Waals surface area contributed by atoms with Crippen LogP contribution in [0.1, 0.15) is 27.7 Å². The monoisotopic (exact) mass is 158 g/mol. The lowest BCUT2D eigenvalue weighted by Gasteiger charge is -2.02. The van der Waals surface area contributed by atoms with E-state index >= 15 is 0 Å². The Morgan fingerprint density at radius 2 is 1.82 bits per heavy atom. The summed E-state index contributed by atoms with van der Waals surface area (Å²) in [6, 6.07) is 0.0368. The maximum Gasteiger partial charge on any atom is 0.452 e. The van der Waals surface area contributed by atoms with Crippen LogP contribution in [0, 0.1) is 0 Å². The lowest BCUT2D eigenvalue weighted by Crippen LogP contribution is -2.07. The number of rotatable bonds is 2. The number of nitrogens with zero attached hydrogens (tertiary/aromatic N) is 2. The topological polar surface area (TPSA) is 51.0 Å². The number of hydrogen-bond acceptors (Lipinski definition) is 3. The highest BCUT2D eigenvalue weighted by molar-refractivity contribution is 5.67. The van der Waals surface area contributed by atoms with Crippen LogP contribution < -0.4 is 0 Å². The van der Waals surface area contributed by atoms with Crippen LogP contribution >= 0.6 is 0 Å². The second-order valence-corrected chi connectivity index (χ2v) is 2.74. The van der Waals surface area contributed by atoms with Crippen molar-refractivity contribution in [3.05, 3.63) is 0 Å². The molecule has 0 bridgehead atoms. The number of azo groups is 1. The molecule has 4 heteroatoms. The van der Waals surface area contributed by atoms with Crippen LogP contribution in [0.4, 0.5) is 4.79 Å². The molecule has 0 aliphatic carbocycles. The Hall–Kier alpha value is -0.930. The summed E-state index contributed by atoms with van der Waals surface area (Å²) in [5.41, 5.74) is 0. The van der Waals surface area contributed by atoms with Gasteiger partial charge in [-0.2, -0.15) is 5.11 Å². The molecule has 1 amide bonds. The Labute approximate surface area is 66.7 Å². The van der Waals surface area contributed by atoms with Gasteiger partial charge in [0.15, 0.2) is 0 Å². The third-order valence-corrected chi connectivity index (χ3v) is 0.707. The molecule has 0 spiro atoms. The van der Waals surface area contributed by atoms with Crippen molar-refractivity contribution in [2.75, 3.05) is 0 Å². The van der Waals surface area contributed by atoms with Crippen molar-refractivity contribution < 1.29 is 9.53 Å². The third kappa shape index (κ3) is 6.96. The Bertz CT molecular complexity index is 153. The first-order valence-corrected chi connectivity index (χ1v) is 3.64. The molecule has 0 saturated carbocycles. The van der Waals surface area contributed by atoms with Crippen LogP contribution in [0.5, 0.6) is 0 Å². The fourth-order valence-electron chi connectivity index (χ4n) is 0.388. The van der Waals surface area contributed by atoms with E-state index in [0.717, 1.165) is 0 Å². The van der Waals surface area contributed by atoms with E-state index in [2.05, 4.69) is 10.2 Å². The number of hydrogen-bond donors (Lipinski definition) is 0. The van der Waals surface area contributed by atoms with Gasteiger partial charge in [-0.05, 0) is 27.7 Å². The predicted molar refractivity (Wildman–Crippen MR) is 41.6 cm³/mol. The van der Waals surface area contributed by atoms with E-state index in [0.29, 0.717) is 0 Å². The van der Waals surface area contributed by atoms with Crippen molar-refractivity contribution in [3.63, 3.8) is 0 Å². The van der Waals surface area contributed by atoms with Gasteiger partial charge >= 0.3 is 6.09 Å². The molecule has 0 saturated heterocycles. The molecule has 0 aromatic rings. The number of amides is 1. The van der Waals surface area contributed by atoms with Crippen molar-refractivity contribution in [1.82, 2.24) is 0 Å². The maximum absolute atomic E-state index is 10.7.